The Morgan fingerprint density at radius 1 is 0.656 bits per heavy atom. The third-order valence-corrected chi connectivity index (χ3v) is 9.13. The Hall–Kier alpha value is -2.75. The fraction of sp³-hybridized carbons (Fsp3) is 0.308. The molecule has 1 saturated heterocycles. The lowest BCUT2D eigenvalue weighted by Crippen LogP contribution is -2.36. The van der Waals surface area contributed by atoms with Gasteiger partial charge in [0.2, 0.25) is 0 Å². The van der Waals surface area contributed by atoms with Crippen LogP contribution in [-0.2, 0) is 9.30 Å². The Bertz CT molecular complexity index is 1020. The SMILES string of the molecule is CN(C)c1ccc(P(=O)(c2ccc(N(C)C)cc2)c2ccc(N3CCOCC3)cc2)cc1. The van der Waals surface area contributed by atoms with Gasteiger partial charge in [-0.25, -0.2) is 0 Å². The molecule has 5 nitrogen and oxygen atoms in total. The van der Waals surface area contributed by atoms with Gasteiger partial charge < -0.3 is 24.0 Å². The molecule has 0 atom stereocenters. The number of nitrogens with zero attached hydrogens (tertiary/aromatic N) is 3. The van der Waals surface area contributed by atoms with Crippen molar-refractivity contribution < 1.29 is 9.30 Å². The van der Waals surface area contributed by atoms with E-state index >= 15 is 0 Å². The predicted molar refractivity (Wildman–Crippen MR) is 138 cm³/mol. The molecule has 1 aliphatic rings. The van der Waals surface area contributed by atoms with E-state index in [2.05, 4.69) is 26.8 Å². The molecule has 3 aromatic rings. The maximum absolute atomic E-state index is 14.8. The van der Waals surface area contributed by atoms with Gasteiger partial charge >= 0.3 is 0 Å². The van der Waals surface area contributed by atoms with E-state index in [1.54, 1.807) is 0 Å². The lowest BCUT2D eigenvalue weighted by atomic mass is 10.2. The van der Waals surface area contributed by atoms with Crippen LogP contribution in [0.5, 0.6) is 0 Å². The second-order valence-electron chi connectivity index (χ2n) is 8.55. The third-order valence-electron chi connectivity index (χ3n) is 6.05. The largest absolute Gasteiger partial charge is 0.378 e. The summed E-state index contributed by atoms with van der Waals surface area (Å²) in [6.07, 6.45) is 0. The highest BCUT2D eigenvalue weighted by Crippen LogP contribution is 2.43. The van der Waals surface area contributed by atoms with Gasteiger partial charge in [-0.05, 0) is 72.8 Å². The number of rotatable bonds is 6. The molecule has 4 rings (SSSR count). The van der Waals surface area contributed by atoms with E-state index in [0.717, 1.165) is 59.3 Å². The van der Waals surface area contributed by atoms with Crippen molar-refractivity contribution in [2.24, 2.45) is 0 Å². The molecular formula is C26H32N3O2P. The summed E-state index contributed by atoms with van der Waals surface area (Å²) in [5, 5.41) is 2.55. The Labute approximate surface area is 191 Å². The van der Waals surface area contributed by atoms with Gasteiger partial charge in [0.15, 0.2) is 7.14 Å². The Morgan fingerprint density at radius 3 is 1.41 bits per heavy atom. The van der Waals surface area contributed by atoms with Gasteiger partial charge in [0.05, 0.1) is 13.2 Å². The fourth-order valence-electron chi connectivity index (χ4n) is 4.06. The van der Waals surface area contributed by atoms with Crippen molar-refractivity contribution in [1.29, 1.82) is 0 Å². The molecule has 0 aliphatic carbocycles. The molecule has 32 heavy (non-hydrogen) atoms. The monoisotopic (exact) mass is 449 g/mol. The van der Waals surface area contributed by atoms with Crippen molar-refractivity contribution >= 4 is 40.1 Å². The molecule has 0 N–H and O–H groups in total. The van der Waals surface area contributed by atoms with Crippen LogP contribution in [0.15, 0.2) is 72.8 Å². The number of morpholine rings is 1. The summed E-state index contributed by atoms with van der Waals surface area (Å²) in [6.45, 7) is 3.26. The second-order valence-corrected chi connectivity index (χ2v) is 11.3. The Balaban J connectivity index is 1.77. The molecule has 6 heteroatoms. The average molecular weight is 450 g/mol. The van der Waals surface area contributed by atoms with Gasteiger partial charge in [0, 0.05) is 74.3 Å². The standard InChI is InChI=1S/C26H32N3O2P/c1-27(2)21-5-11-24(12-6-21)32(30,25-13-7-22(8-14-25)28(3)4)26-15-9-23(10-16-26)29-17-19-31-20-18-29/h5-16H,17-20H2,1-4H3. The normalized spacial score (nSPS) is 14.3. The van der Waals surface area contributed by atoms with E-state index in [1.165, 1.54) is 0 Å². The molecule has 0 aromatic heterocycles. The van der Waals surface area contributed by atoms with Gasteiger partial charge in [0.1, 0.15) is 0 Å². The molecule has 0 spiro atoms. The smallest absolute Gasteiger partial charge is 0.171 e. The molecule has 1 heterocycles. The first-order valence-corrected chi connectivity index (χ1v) is 12.7. The van der Waals surface area contributed by atoms with Crippen molar-refractivity contribution in [2.45, 2.75) is 0 Å². The van der Waals surface area contributed by atoms with E-state index < -0.39 is 7.14 Å². The van der Waals surface area contributed by atoms with Gasteiger partial charge in [0.25, 0.3) is 0 Å². The molecule has 0 radical (unpaired) electrons. The van der Waals surface area contributed by atoms with Crippen molar-refractivity contribution in [3.8, 4) is 0 Å². The molecule has 0 saturated carbocycles. The maximum atomic E-state index is 14.8. The topological polar surface area (TPSA) is 36.0 Å². The minimum atomic E-state index is -3.02. The summed E-state index contributed by atoms with van der Waals surface area (Å²) >= 11 is 0. The first-order valence-electron chi connectivity index (χ1n) is 11.0. The molecule has 0 bridgehead atoms. The lowest BCUT2D eigenvalue weighted by molar-refractivity contribution is 0.122. The van der Waals surface area contributed by atoms with Gasteiger partial charge in [-0.1, -0.05) is 0 Å². The number of anilines is 3. The average Bonchev–Trinajstić information content (AvgIpc) is 2.84. The number of ether oxygens (including phenoxy) is 1. The van der Waals surface area contributed by atoms with E-state index in [9.17, 15) is 4.57 Å². The van der Waals surface area contributed by atoms with Gasteiger partial charge in [-0.3, -0.25) is 0 Å². The van der Waals surface area contributed by atoms with Gasteiger partial charge in [-0.2, -0.15) is 0 Å². The summed E-state index contributed by atoms with van der Waals surface area (Å²) in [5.74, 6) is 0. The quantitative estimate of drug-likeness (QED) is 0.540. The van der Waals surface area contributed by atoms with Crippen LogP contribution in [0.4, 0.5) is 17.1 Å². The van der Waals surface area contributed by atoms with Crippen LogP contribution in [0.1, 0.15) is 0 Å². The number of hydrogen-bond acceptors (Lipinski definition) is 5. The Morgan fingerprint density at radius 2 is 1.03 bits per heavy atom. The molecule has 0 unspecified atom stereocenters. The van der Waals surface area contributed by atoms with Gasteiger partial charge in [-0.15, -0.1) is 0 Å². The van der Waals surface area contributed by atoms with Crippen molar-refractivity contribution in [2.75, 3.05) is 69.2 Å². The lowest BCUT2D eigenvalue weighted by Gasteiger charge is -2.29. The molecular weight excluding hydrogens is 417 g/mol. The van der Waals surface area contributed by atoms with E-state index in [-0.39, 0.29) is 0 Å². The zero-order valence-electron chi connectivity index (χ0n) is 19.4. The predicted octanol–water partition coefficient (Wildman–Crippen LogP) is 3.29. The molecule has 168 valence electrons. The van der Waals surface area contributed by atoms with Crippen LogP contribution in [0.25, 0.3) is 0 Å². The van der Waals surface area contributed by atoms with Crippen LogP contribution in [0, 0.1) is 0 Å². The molecule has 1 aliphatic heterocycles. The Kier molecular flexibility index (Phi) is 6.59. The summed E-state index contributed by atoms with van der Waals surface area (Å²) in [6, 6.07) is 24.4. The van der Waals surface area contributed by atoms with Crippen molar-refractivity contribution in [1.82, 2.24) is 0 Å². The highest BCUT2D eigenvalue weighted by Gasteiger charge is 2.30. The first kappa shape index (κ1) is 22.4. The summed E-state index contributed by atoms with van der Waals surface area (Å²) in [4.78, 5) is 6.42. The molecule has 0 amide bonds. The van der Waals surface area contributed by atoms with Crippen molar-refractivity contribution in [3.05, 3.63) is 72.8 Å². The highest BCUT2D eigenvalue weighted by atomic mass is 31.2. The van der Waals surface area contributed by atoms with Crippen molar-refractivity contribution in [3.63, 3.8) is 0 Å². The molecule has 1 fully saturated rings. The summed E-state index contributed by atoms with van der Waals surface area (Å²) in [5.41, 5.74) is 3.33. The zero-order chi connectivity index (χ0) is 22.7. The first-order chi connectivity index (χ1) is 15.4. The van der Waals surface area contributed by atoms with Crippen LogP contribution < -0.4 is 30.6 Å². The molecule has 3 aromatic carbocycles. The van der Waals surface area contributed by atoms with E-state index in [1.807, 2.05) is 88.9 Å². The van der Waals surface area contributed by atoms with E-state index in [4.69, 9.17) is 4.74 Å². The zero-order valence-corrected chi connectivity index (χ0v) is 20.3. The minimum absolute atomic E-state index is 0.747. The third kappa shape index (κ3) is 4.41. The number of hydrogen-bond donors (Lipinski definition) is 0. The van der Waals surface area contributed by atoms with Crippen LogP contribution in [0.2, 0.25) is 0 Å². The van der Waals surface area contributed by atoms with E-state index in [0.29, 0.717) is 0 Å². The van der Waals surface area contributed by atoms with Crippen LogP contribution in [0.3, 0.4) is 0 Å². The fourth-order valence-corrected chi connectivity index (χ4v) is 6.66. The van der Waals surface area contributed by atoms with Crippen LogP contribution in [-0.4, -0.2) is 54.5 Å². The number of benzene rings is 3. The minimum Gasteiger partial charge on any atom is -0.378 e. The highest BCUT2D eigenvalue weighted by molar-refractivity contribution is 7.85. The summed E-state index contributed by atoms with van der Waals surface area (Å²) in [7, 11) is 5.03. The maximum Gasteiger partial charge on any atom is 0.171 e. The summed E-state index contributed by atoms with van der Waals surface area (Å²) < 4.78 is 20.3. The van der Waals surface area contributed by atoms with Crippen LogP contribution >= 0.6 is 7.14 Å². The second kappa shape index (κ2) is 9.40.